The highest BCUT2D eigenvalue weighted by Crippen LogP contribution is 2.02. The van der Waals surface area contributed by atoms with Crippen molar-refractivity contribution >= 4 is 5.96 Å². The fraction of sp³-hybridized carbons (Fsp3) is 0.417. The molecule has 0 aliphatic rings. The van der Waals surface area contributed by atoms with E-state index in [4.69, 9.17) is 10.6 Å². The third-order valence-corrected chi connectivity index (χ3v) is 2.32. The van der Waals surface area contributed by atoms with Gasteiger partial charge in [-0.2, -0.15) is 0 Å². The first-order valence-electron chi connectivity index (χ1n) is 5.74. The van der Waals surface area contributed by atoms with E-state index >= 15 is 0 Å². The molecule has 100 valence electrons. The summed E-state index contributed by atoms with van der Waals surface area (Å²) in [4.78, 5) is 4.16. The molecule has 18 heavy (non-hydrogen) atoms. The zero-order chi connectivity index (χ0) is 13.2. The molecule has 0 atom stereocenters. The second-order valence-corrected chi connectivity index (χ2v) is 3.67. The van der Waals surface area contributed by atoms with Gasteiger partial charge in [-0.3, -0.25) is 5.43 Å². The Balaban J connectivity index is 2.30. The number of guanidine groups is 1. The van der Waals surface area contributed by atoms with Gasteiger partial charge in [-0.1, -0.05) is 12.1 Å². The second-order valence-electron chi connectivity index (χ2n) is 3.67. The highest BCUT2D eigenvalue weighted by atomic mass is 19.1. The van der Waals surface area contributed by atoms with E-state index in [1.165, 1.54) is 12.1 Å². The number of halogens is 1. The summed E-state index contributed by atoms with van der Waals surface area (Å²) >= 11 is 0. The summed E-state index contributed by atoms with van der Waals surface area (Å²) in [5.74, 6) is 5.62. The van der Waals surface area contributed by atoms with Crippen LogP contribution in [0.3, 0.4) is 0 Å². The fourth-order valence-corrected chi connectivity index (χ4v) is 1.38. The van der Waals surface area contributed by atoms with Gasteiger partial charge in [0.1, 0.15) is 5.82 Å². The Bertz CT molecular complexity index is 367. The number of nitrogens with zero attached hydrogens (tertiary/aromatic N) is 1. The molecule has 0 aromatic heterocycles. The van der Waals surface area contributed by atoms with E-state index in [0.29, 0.717) is 25.7 Å². The normalized spacial score (nSPS) is 11.4. The lowest BCUT2D eigenvalue weighted by Crippen LogP contribution is -2.42. The van der Waals surface area contributed by atoms with Gasteiger partial charge in [0.15, 0.2) is 0 Å². The summed E-state index contributed by atoms with van der Waals surface area (Å²) < 4.78 is 17.6. The van der Waals surface area contributed by atoms with Crippen molar-refractivity contribution in [2.45, 2.75) is 6.42 Å². The van der Waals surface area contributed by atoms with Gasteiger partial charge in [-0.15, -0.1) is 0 Å². The minimum Gasteiger partial charge on any atom is -0.383 e. The molecule has 0 aliphatic carbocycles. The quantitative estimate of drug-likeness (QED) is 0.226. The standard InChI is InChI=1S/C12H19FN4O/c1-18-9-8-16-12(17-14)15-7-6-10-2-4-11(13)5-3-10/h2-5H,6-9,14H2,1H3,(H2,15,16,17). The summed E-state index contributed by atoms with van der Waals surface area (Å²) in [6.45, 7) is 1.76. The van der Waals surface area contributed by atoms with Crippen molar-refractivity contribution in [2.24, 2.45) is 10.8 Å². The number of nitrogens with two attached hydrogens (primary N) is 1. The van der Waals surface area contributed by atoms with E-state index in [0.717, 1.165) is 12.0 Å². The minimum atomic E-state index is -0.225. The van der Waals surface area contributed by atoms with E-state index in [1.807, 2.05) is 0 Å². The number of rotatable bonds is 6. The molecule has 0 spiro atoms. The van der Waals surface area contributed by atoms with Crippen molar-refractivity contribution < 1.29 is 9.13 Å². The summed E-state index contributed by atoms with van der Waals surface area (Å²) in [6.07, 6.45) is 0.769. The number of ether oxygens (including phenoxy) is 1. The molecule has 0 amide bonds. The van der Waals surface area contributed by atoms with Gasteiger partial charge in [0, 0.05) is 13.7 Å². The number of nitrogens with one attached hydrogen (secondary N) is 2. The lowest BCUT2D eigenvalue weighted by Gasteiger charge is -2.09. The van der Waals surface area contributed by atoms with Crippen LogP contribution in [0.4, 0.5) is 4.39 Å². The third kappa shape index (κ3) is 5.60. The molecule has 0 unspecified atom stereocenters. The van der Waals surface area contributed by atoms with Crippen molar-refractivity contribution in [1.29, 1.82) is 0 Å². The van der Waals surface area contributed by atoms with Crippen molar-refractivity contribution in [2.75, 3.05) is 26.8 Å². The van der Waals surface area contributed by atoms with Gasteiger partial charge >= 0.3 is 0 Å². The molecular weight excluding hydrogens is 235 g/mol. The topological polar surface area (TPSA) is 71.7 Å². The van der Waals surface area contributed by atoms with Crippen LogP contribution < -0.4 is 16.6 Å². The zero-order valence-corrected chi connectivity index (χ0v) is 10.4. The van der Waals surface area contributed by atoms with E-state index in [2.05, 4.69) is 15.7 Å². The summed E-state index contributed by atoms with van der Waals surface area (Å²) in [7, 11) is 1.62. The fourth-order valence-electron chi connectivity index (χ4n) is 1.38. The molecule has 0 radical (unpaired) electrons. The van der Waals surface area contributed by atoms with Gasteiger partial charge in [0.25, 0.3) is 0 Å². The van der Waals surface area contributed by atoms with Gasteiger partial charge in [0.2, 0.25) is 5.96 Å². The molecule has 0 heterocycles. The van der Waals surface area contributed by atoms with Crippen LogP contribution in [0, 0.1) is 5.82 Å². The number of methoxy groups -OCH3 is 1. The molecule has 0 saturated heterocycles. The molecule has 4 N–H and O–H groups in total. The maximum absolute atomic E-state index is 12.7. The number of benzene rings is 1. The molecule has 0 fully saturated rings. The minimum absolute atomic E-state index is 0.225. The van der Waals surface area contributed by atoms with Crippen LogP contribution in [-0.2, 0) is 11.2 Å². The number of hydrazine groups is 1. The molecule has 1 aromatic carbocycles. The van der Waals surface area contributed by atoms with Gasteiger partial charge in [-0.05, 0) is 24.1 Å². The SMILES string of the molecule is COCCN=C(NN)NCCc1ccc(F)cc1. The average Bonchev–Trinajstić information content (AvgIpc) is 2.39. The maximum atomic E-state index is 12.7. The smallest absolute Gasteiger partial charge is 0.205 e. The monoisotopic (exact) mass is 254 g/mol. The van der Waals surface area contributed by atoms with Crippen LogP contribution in [0.15, 0.2) is 29.3 Å². The summed E-state index contributed by atoms with van der Waals surface area (Å²) in [5.41, 5.74) is 3.53. The molecule has 5 nitrogen and oxygen atoms in total. The van der Waals surface area contributed by atoms with Crippen LogP contribution in [-0.4, -0.2) is 32.8 Å². The van der Waals surface area contributed by atoms with Crippen molar-refractivity contribution in [3.63, 3.8) is 0 Å². The molecule has 0 bridgehead atoms. The molecular formula is C12H19FN4O. The first kappa shape index (κ1) is 14.4. The van der Waals surface area contributed by atoms with Crippen LogP contribution >= 0.6 is 0 Å². The predicted molar refractivity (Wildman–Crippen MR) is 69.6 cm³/mol. The zero-order valence-electron chi connectivity index (χ0n) is 10.4. The van der Waals surface area contributed by atoms with Crippen LogP contribution in [0.2, 0.25) is 0 Å². The van der Waals surface area contributed by atoms with E-state index in [9.17, 15) is 4.39 Å². The number of aliphatic imine (C=N–C) groups is 1. The first-order valence-corrected chi connectivity index (χ1v) is 5.74. The van der Waals surface area contributed by atoms with Gasteiger partial charge in [0.05, 0.1) is 13.2 Å². The Morgan fingerprint density at radius 3 is 2.72 bits per heavy atom. The van der Waals surface area contributed by atoms with E-state index < -0.39 is 0 Å². The third-order valence-electron chi connectivity index (χ3n) is 2.32. The molecule has 1 aromatic rings. The van der Waals surface area contributed by atoms with Gasteiger partial charge in [-0.25, -0.2) is 15.2 Å². The predicted octanol–water partition coefficient (Wildman–Crippen LogP) is 0.424. The van der Waals surface area contributed by atoms with Crippen molar-refractivity contribution in [3.8, 4) is 0 Å². The maximum Gasteiger partial charge on any atom is 0.205 e. The highest BCUT2D eigenvalue weighted by Gasteiger charge is 1.97. The summed E-state index contributed by atoms with van der Waals surface area (Å²) in [5, 5.41) is 3.06. The van der Waals surface area contributed by atoms with Crippen molar-refractivity contribution in [1.82, 2.24) is 10.7 Å². The molecule has 6 heteroatoms. The molecule has 0 saturated carbocycles. The Hall–Kier alpha value is -1.66. The lowest BCUT2D eigenvalue weighted by atomic mass is 10.1. The van der Waals surface area contributed by atoms with E-state index in [-0.39, 0.29) is 5.82 Å². The number of hydrogen-bond donors (Lipinski definition) is 3. The molecule has 0 aliphatic heterocycles. The Morgan fingerprint density at radius 1 is 1.39 bits per heavy atom. The first-order chi connectivity index (χ1) is 8.76. The number of hydrogen-bond acceptors (Lipinski definition) is 3. The lowest BCUT2D eigenvalue weighted by molar-refractivity contribution is 0.208. The van der Waals surface area contributed by atoms with E-state index in [1.54, 1.807) is 19.2 Å². The largest absolute Gasteiger partial charge is 0.383 e. The van der Waals surface area contributed by atoms with Crippen molar-refractivity contribution in [3.05, 3.63) is 35.6 Å². The van der Waals surface area contributed by atoms with Crippen LogP contribution in [0.5, 0.6) is 0 Å². The average molecular weight is 254 g/mol. The Kier molecular flexibility index (Phi) is 6.75. The van der Waals surface area contributed by atoms with Crippen LogP contribution in [0.25, 0.3) is 0 Å². The highest BCUT2D eigenvalue weighted by molar-refractivity contribution is 5.79. The molecule has 1 rings (SSSR count). The Labute approximate surface area is 106 Å². The van der Waals surface area contributed by atoms with Gasteiger partial charge < -0.3 is 10.1 Å². The Morgan fingerprint density at radius 2 is 2.11 bits per heavy atom. The van der Waals surface area contributed by atoms with Crippen LogP contribution in [0.1, 0.15) is 5.56 Å². The second kappa shape index (κ2) is 8.43. The summed E-state index contributed by atoms with van der Waals surface area (Å²) in [6, 6.07) is 6.41.